The second kappa shape index (κ2) is 14.9. The normalized spacial score (nSPS) is 17.0. The summed E-state index contributed by atoms with van der Waals surface area (Å²) in [7, 11) is 0. The Morgan fingerprint density at radius 1 is 0.581 bits per heavy atom. The first-order valence-electron chi connectivity index (χ1n) is 10.0. The molecule has 0 saturated carbocycles. The van der Waals surface area contributed by atoms with Crippen LogP contribution in [-0.4, -0.2) is 24.7 Å². The molecule has 0 spiro atoms. The van der Waals surface area contributed by atoms with Crippen molar-refractivity contribution in [1.82, 2.24) is 0 Å². The molecular formula is C20H44O4P2S4Zn. The van der Waals surface area contributed by atoms with Gasteiger partial charge >= 0.3 is 19.5 Å². The van der Waals surface area contributed by atoms with Crippen LogP contribution in [0.15, 0.2) is 0 Å². The Kier molecular flexibility index (Phi) is 18.2. The third-order valence-corrected chi connectivity index (χ3v) is 12.0. The molecule has 0 amide bonds. The smallest absolute Gasteiger partial charge is 0.793 e. The van der Waals surface area contributed by atoms with Gasteiger partial charge in [-0.3, -0.25) is 0 Å². The van der Waals surface area contributed by atoms with Crippen LogP contribution in [0.3, 0.4) is 0 Å². The summed E-state index contributed by atoms with van der Waals surface area (Å²) in [6.07, 6.45) is 0. The van der Waals surface area contributed by atoms with E-state index in [0.29, 0.717) is 13.2 Å². The van der Waals surface area contributed by atoms with Gasteiger partial charge in [0.25, 0.3) is 0 Å². The largest absolute Gasteiger partial charge is 2.00 e. The Balaban J connectivity index is -0.000000490. The summed E-state index contributed by atoms with van der Waals surface area (Å²) >= 11 is 12.5. The zero-order valence-electron chi connectivity index (χ0n) is 21.7. The summed E-state index contributed by atoms with van der Waals surface area (Å²) in [5.74, 6) is 1.52. The van der Waals surface area contributed by atoms with Crippen LogP contribution >= 0.6 is 34.2 Å². The van der Waals surface area contributed by atoms with Crippen LogP contribution in [0.1, 0.15) is 83.1 Å². The SMILES string of the molecule is CC(C)(C)COP([O-])(=S)SCC(C)(C)C.CC(C)(C)COP([O-])(=S)SCC(C)(C)C.[Zn+2]. The van der Waals surface area contributed by atoms with Gasteiger partial charge in [0.2, 0.25) is 0 Å². The van der Waals surface area contributed by atoms with E-state index in [-0.39, 0.29) is 41.1 Å². The molecule has 4 nitrogen and oxygen atoms in total. The molecule has 0 bridgehead atoms. The Morgan fingerprint density at radius 3 is 0.968 bits per heavy atom. The Bertz CT molecular complexity index is 496. The van der Waals surface area contributed by atoms with E-state index in [9.17, 15) is 9.79 Å². The average molecular weight is 604 g/mol. The van der Waals surface area contributed by atoms with Crippen molar-refractivity contribution >= 4 is 57.8 Å². The molecule has 184 valence electrons. The minimum Gasteiger partial charge on any atom is -0.793 e. The minimum absolute atomic E-state index is 0. The first-order chi connectivity index (χ1) is 12.8. The van der Waals surface area contributed by atoms with Crippen molar-refractivity contribution < 1.29 is 38.3 Å². The zero-order valence-corrected chi connectivity index (χ0v) is 29.7. The predicted octanol–water partition coefficient (Wildman–Crippen LogP) is 6.82. The van der Waals surface area contributed by atoms with Gasteiger partial charge in [0.1, 0.15) is 0 Å². The molecule has 2 atom stereocenters. The van der Waals surface area contributed by atoms with Gasteiger partial charge in [-0.2, -0.15) is 0 Å². The Hall–Kier alpha value is 2.46. The van der Waals surface area contributed by atoms with Crippen molar-refractivity contribution in [2.75, 3.05) is 24.7 Å². The summed E-state index contributed by atoms with van der Waals surface area (Å²) in [5, 5.41) is 0. The molecule has 0 saturated heterocycles. The molecule has 31 heavy (non-hydrogen) atoms. The first kappa shape index (κ1) is 38.0. The van der Waals surface area contributed by atoms with E-state index in [1.807, 2.05) is 41.5 Å². The fourth-order valence-electron chi connectivity index (χ4n) is 1.17. The van der Waals surface area contributed by atoms with Crippen LogP contribution < -0.4 is 9.79 Å². The third-order valence-electron chi connectivity index (χ3n) is 2.62. The van der Waals surface area contributed by atoms with Crippen LogP contribution in [0.4, 0.5) is 0 Å². The number of rotatable bonds is 8. The zero-order chi connectivity index (χ0) is 24.7. The van der Waals surface area contributed by atoms with E-state index < -0.39 is 11.4 Å². The van der Waals surface area contributed by atoms with Crippen LogP contribution in [0.25, 0.3) is 0 Å². The van der Waals surface area contributed by atoms with Crippen molar-refractivity contribution in [3.05, 3.63) is 0 Å². The topological polar surface area (TPSA) is 64.6 Å². The van der Waals surface area contributed by atoms with E-state index in [0.717, 1.165) is 11.5 Å². The fourth-order valence-corrected chi connectivity index (χ4v) is 8.80. The molecule has 0 heterocycles. The van der Waals surface area contributed by atoms with Crippen LogP contribution in [0.5, 0.6) is 0 Å². The van der Waals surface area contributed by atoms with Gasteiger partial charge in [0, 0.05) is 22.9 Å². The summed E-state index contributed by atoms with van der Waals surface area (Å²) in [5.41, 5.74) is -5.49. The number of hydrogen-bond acceptors (Lipinski definition) is 8. The van der Waals surface area contributed by atoms with Gasteiger partial charge in [0.05, 0.1) is 13.2 Å². The predicted molar refractivity (Wildman–Crippen MR) is 143 cm³/mol. The van der Waals surface area contributed by atoms with E-state index in [1.165, 1.54) is 22.8 Å². The average Bonchev–Trinajstić information content (AvgIpc) is 2.46. The molecule has 0 aliphatic rings. The molecule has 0 aromatic rings. The third kappa shape index (κ3) is 32.5. The van der Waals surface area contributed by atoms with Gasteiger partial charge in [-0.25, -0.2) is 0 Å². The molecule has 0 aliphatic carbocycles. The van der Waals surface area contributed by atoms with Gasteiger partial charge in [0.15, 0.2) is 0 Å². The summed E-state index contributed by atoms with van der Waals surface area (Å²) < 4.78 is 10.6. The Morgan fingerprint density at radius 2 is 0.806 bits per heavy atom. The van der Waals surface area contributed by atoms with Crippen LogP contribution in [-0.2, 0) is 52.1 Å². The first-order valence-corrected chi connectivity index (χ1v) is 18.5. The molecule has 11 heteroatoms. The number of hydrogen-bond donors (Lipinski definition) is 0. The van der Waals surface area contributed by atoms with Crippen molar-refractivity contribution in [3.63, 3.8) is 0 Å². The molecular weight excluding hydrogens is 560 g/mol. The molecule has 0 radical (unpaired) electrons. The van der Waals surface area contributed by atoms with E-state index in [4.69, 9.17) is 32.7 Å². The van der Waals surface area contributed by atoms with E-state index >= 15 is 0 Å². The van der Waals surface area contributed by atoms with Gasteiger partial charge in [-0.05, 0) is 21.7 Å². The molecule has 0 fully saturated rings. The van der Waals surface area contributed by atoms with E-state index in [1.54, 1.807) is 0 Å². The van der Waals surface area contributed by atoms with Crippen molar-refractivity contribution in [2.24, 2.45) is 21.7 Å². The quantitative estimate of drug-likeness (QED) is 0.221. The maximum Gasteiger partial charge on any atom is 2.00 e. The van der Waals surface area contributed by atoms with Crippen molar-refractivity contribution in [2.45, 2.75) is 83.1 Å². The molecule has 0 rings (SSSR count). The molecule has 0 aliphatic heterocycles. The van der Waals surface area contributed by atoms with Crippen molar-refractivity contribution in [1.29, 1.82) is 0 Å². The summed E-state index contributed by atoms with van der Waals surface area (Å²) in [6, 6.07) is 0. The maximum atomic E-state index is 11.9. The van der Waals surface area contributed by atoms with Gasteiger partial charge < -0.3 is 18.8 Å². The standard InChI is InChI=1S/2C10H23O2PS2.Zn/c2*1-9(2,3)7-12-13(11,14)15-8-10(4,5)6;/h2*7-8H2,1-6H3,(H,11,14);/q;;+2/p-2. The van der Waals surface area contributed by atoms with Gasteiger partial charge in [-0.15, -0.1) is 22.8 Å². The summed E-state index contributed by atoms with van der Waals surface area (Å²) in [6.45, 7) is 25.7. The van der Waals surface area contributed by atoms with Crippen molar-refractivity contribution in [3.8, 4) is 0 Å². The fraction of sp³-hybridized carbons (Fsp3) is 1.00. The Labute approximate surface area is 224 Å². The van der Waals surface area contributed by atoms with E-state index in [2.05, 4.69) is 41.5 Å². The maximum absolute atomic E-state index is 11.9. The second-order valence-electron chi connectivity index (χ2n) is 12.2. The molecule has 0 aromatic carbocycles. The molecule has 0 N–H and O–H groups in total. The van der Waals surface area contributed by atoms with Crippen LogP contribution in [0.2, 0.25) is 0 Å². The monoisotopic (exact) mass is 602 g/mol. The summed E-state index contributed by atoms with van der Waals surface area (Å²) in [4.78, 5) is 23.7. The van der Waals surface area contributed by atoms with Gasteiger partial charge in [-0.1, -0.05) is 107 Å². The second-order valence-corrected chi connectivity index (χ2v) is 24.3. The molecule has 2 unspecified atom stereocenters. The van der Waals surface area contributed by atoms with Crippen LogP contribution in [0, 0.1) is 21.7 Å². The molecule has 0 aromatic heterocycles. The minimum atomic E-state index is -2.89.